The number of rotatable bonds is 4. The first-order valence-electron chi connectivity index (χ1n) is 10.6. The van der Waals surface area contributed by atoms with Crippen molar-refractivity contribution >= 4 is 22.6 Å². The lowest BCUT2D eigenvalue weighted by Gasteiger charge is -2.40. The molecule has 0 bridgehead atoms. The number of hydrogen-bond donors (Lipinski definition) is 1. The molecule has 1 aromatic carbocycles. The summed E-state index contributed by atoms with van der Waals surface area (Å²) in [5.74, 6) is 1.40. The number of nitrogens with zero attached hydrogens (tertiary/aromatic N) is 3. The van der Waals surface area contributed by atoms with Crippen molar-refractivity contribution in [2.24, 2.45) is 5.92 Å². The molecule has 30 heavy (non-hydrogen) atoms. The van der Waals surface area contributed by atoms with E-state index < -0.39 is 0 Å². The molecule has 0 radical (unpaired) electrons. The molecule has 154 valence electrons. The molecule has 2 atom stereocenters. The zero-order valence-electron chi connectivity index (χ0n) is 17.0. The number of carbonyl (C=O) groups is 1. The number of benzene rings is 1. The van der Waals surface area contributed by atoms with E-state index in [1.54, 1.807) is 12.4 Å². The number of aromatic nitrogens is 2. The van der Waals surface area contributed by atoms with E-state index in [0.717, 1.165) is 61.2 Å². The fourth-order valence-corrected chi connectivity index (χ4v) is 4.73. The van der Waals surface area contributed by atoms with Crippen LogP contribution in [0, 0.1) is 5.92 Å². The second kappa shape index (κ2) is 8.03. The van der Waals surface area contributed by atoms with Gasteiger partial charge >= 0.3 is 0 Å². The Hall–Kier alpha value is -2.99. The lowest BCUT2D eigenvalue weighted by Crippen LogP contribution is -2.50. The minimum atomic E-state index is -0.219. The first-order valence-corrected chi connectivity index (χ1v) is 10.6. The van der Waals surface area contributed by atoms with Gasteiger partial charge in [0, 0.05) is 48.9 Å². The Morgan fingerprint density at radius 3 is 3.00 bits per heavy atom. The van der Waals surface area contributed by atoms with E-state index in [2.05, 4.69) is 15.3 Å². The van der Waals surface area contributed by atoms with E-state index in [0.29, 0.717) is 12.5 Å². The van der Waals surface area contributed by atoms with E-state index in [9.17, 15) is 4.79 Å². The maximum atomic E-state index is 13.2. The zero-order chi connectivity index (χ0) is 20.4. The van der Waals surface area contributed by atoms with Gasteiger partial charge < -0.3 is 15.0 Å². The second-order valence-corrected chi connectivity index (χ2v) is 8.40. The smallest absolute Gasteiger partial charge is 0.253 e. The highest BCUT2D eigenvalue weighted by Crippen LogP contribution is 2.38. The Kier molecular flexibility index (Phi) is 5.09. The number of carbonyl (C=O) groups excluding carboxylic acids is 1. The largest absolute Gasteiger partial charge is 0.373 e. The van der Waals surface area contributed by atoms with Crippen molar-refractivity contribution in [3.63, 3.8) is 0 Å². The molecule has 1 amide bonds. The Bertz CT molecular complexity index is 1040. The third kappa shape index (κ3) is 3.87. The normalized spacial score (nSPS) is 23.7. The van der Waals surface area contributed by atoms with Crippen molar-refractivity contribution in [1.29, 1.82) is 0 Å². The van der Waals surface area contributed by atoms with Crippen LogP contribution in [0.2, 0.25) is 0 Å². The lowest BCUT2D eigenvalue weighted by molar-refractivity contribution is -0.0449. The molecule has 6 heteroatoms. The van der Waals surface area contributed by atoms with Crippen molar-refractivity contribution in [1.82, 2.24) is 14.9 Å². The molecule has 2 aliphatic rings. The molecular weight excluding hydrogens is 376 g/mol. The van der Waals surface area contributed by atoms with Gasteiger partial charge in [-0.15, -0.1) is 0 Å². The molecule has 5 rings (SSSR count). The van der Waals surface area contributed by atoms with Crippen molar-refractivity contribution < 1.29 is 9.53 Å². The lowest BCUT2D eigenvalue weighted by atomic mass is 9.86. The van der Waals surface area contributed by atoms with Gasteiger partial charge in [0.15, 0.2) is 0 Å². The first-order chi connectivity index (χ1) is 14.7. The molecule has 2 saturated heterocycles. The standard InChI is InChI=1S/C24H26N4O2/c29-23(20-7-8-21-19(13-20)5-3-11-25-21)28-12-4-9-24(17-28)14-18(16-30-24)15-27-22-6-1-2-10-26-22/h1-3,5-8,10-11,13,18H,4,9,12,14-17H2,(H,26,27). The van der Waals surface area contributed by atoms with Gasteiger partial charge in [-0.05, 0) is 55.7 Å². The molecule has 2 aromatic heterocycles. The fourth-order valence-electron chi connectivity index (χ4n) is 4.73. The van der Waals surface area contributed by atoms with E-state index in [4.69, 9.17) is 4.74 Å². The van der Waals surface area contributed by atoms with Crippen molar-refractivity contribution in [2.75, 3.05) is 31.6 Å². The van der Waals surface area contributed by atoms with Crippen LogP contribution in [0.3, 0.4) is 0 Å². The van der Waals surface area contributed by atoms with Gasteiger partial charge in [0.25, 0.3) is 5.91 Å². The summed E-state index contributed by atoms with van der Waals surface area (Å²) >= 11 is 0. The van der Waals surface area contributed by atoms with Crippen LogP contribution in [0.5, 0.6) is 0 Å². The van der Waals surface area contributed by atoms with Gasteiger partial charge in [-0.1, -0.05) is 12.1 Å². The van der Waals surface area contributed by atoms with E-state index in [-0.39, 0.29) is 11.5 Å². The number of pyridine rings is 2. The summed E-state index contributed by atoms with van der Waals surface area (Å²) < 4.78 is 6.30. The van der Waals surface area contributed by atoms with E-state index >= 15 is 0 Å². The third-order valence-corrected chi connectivity index (χ3v) is 6.20. The highest BCUT2D eigenvalue weighted by Gasteiger charge is 2.44. The molecule has 3 aromatic rings. The molecule has 0 saturated carbocycles. The average Bonchev–Trinajstić information content (AvgIpc) is 3.19. The molecule has 2 unspecified atom stereocenters. The first kappa shape index (κ1) is 19.0. The van der Waals surface area contributed by atoms with Crippen LogP contribution in [0.4, 0.5) is 5.82 Å². The number of amides is 1. The van der Waals surface area contributed by atoms with Crippen LogP contribution in [0.25, 0.3) is 10.9 Å². The van der Waals surface area contributed by atoms with E-state index in [1.807, 2.05) is 53.4 Å². The van der Waals surface area contributed by atoms with Crippen LogP contribution in [-0.4, -0.2) is 52.6 Å². The Labute approximate surface area is 176 Å². The van der Waals surface area contributed by atoms with Crippen molar-refractivity contribution in [3.8, 4) is 0 Å². The molecule has 1 spiro atoms. The van der Waals surface area contributed by atoms with Crippen LogP contribution >= 0.6 is 0 Å². The summed E-state index contributed by atoms with van der Waals surface area (Å²) in [6.07, 6.45) is 6.52. The van der Waals surface area contributed by atoms with Crippen LogP contribution in [0.1, 0.15) is 29.6 Å². The number of piperidine rings is 1. The second-order valence-electron chi connectivity index (χ2n) is 8.40. The summed E-state index contributed by atoms with van der Waals surface area (Å²) in [7, 11) is 0. The number of anilines is 1. The van der Waals surface area contributed by atoms with Gasteiger partial charge in [-0.2, -0.15) is 0 Å². The van der Waals surface area contributed by atoms with Gasteiger partial charge in [-0.3, -0.25) is 9.78 Å². The van der Waals surface area contributed by atoms with Gasteiger partial charge in [0.1, 0.15) is 5.82 Å². The number of ether oxygens (including phenoxy) is 1. The quantitative estimate of drug-likeness (QED) is 0.720. The summed E-state index contributed by atoms with van der Waals surface area (Å²) in [6, 6.07) is 15.5. The summed E-state index contributed by atoms with van der Waals surface area (Å²) in [5.41, 5.74) is 1.41. The predicted molar refractivity (Wildman–Crippen MR) is 116 cm³/mol. The Morgan fingerprint density at radius 2 is 2.10 bits per heavy atom. The zero-order valence-corrected chi connectivity index (χ0v) is 17.0. The Morgan fingerprint density at radius 1 is 1.17 bits per heavy atom. The topological polar surface area (TPSA) is 67.4 Å². The van der Waals surface area contributed by atoms with Gasteiger partial charge in [0.05, 0.1) is 17.7 Å². The molecule has 1 N–H and O–H groups in total. The monoisotopic (exact) mass is 402 g/mol. The minimum Gasteiger partial charge on any atom is -0.373 e. The summed E-state index contributed by atoms with van der Waals surface area (Å²) in [5, 5.41) is 4.40. The van der Waals surface area contributed by atoms with Crippen molar-refractivity contribution in [2.45, 2.75) is 24.9 Å². The number of hydrogen-bond acceptors (Lipinski definition) is 5. The Balaban J connectivity index is 1.24. The minimum absolute atomic E-state index is 0.0819. The molecule has 0 aliphatic carbocycles. The highest BCUT2D eigenvalue weighted by atomic mass is 16.5. The van der Waals surface area contributed by atoms with Gasteiger partial charge in [0.2, 0.25) is 0 Å². The highest BCUT2D eigenvalue weighted by molar-refractivity contribution is 5.98. The summed E-state index contributed by atoms with van der Waals surface area (Å²) in [6.45, 7) is 3.01. The maximum absolute atomic E-state index is 13.2. The fraction of sp³-hybridized carbons (Fsp3) is 0.375. The third-order valence-electron chi connectivity index (χ3n) is 6.20. The number of fused-ring (bicyclic) bond motifs is 1. The van der Waals surface area contributed by atoms with E-state index in [1.165, 1.54) is 0 Å². The van der Waals surface area contributed by atoms with Gasteiger partial charge in [-0.25, -0.2) is 4.98 Å². The van der Waals surface area contributed by atoms with Crippen molar-refractivity contribution in [3.05, 3.63) is 66.5 Å². The predicted octanol–water partition coefficient (Wildman–Crippen LogP) is 3.75. The molecule has 6 nitrogen and oxygen atoms in total. The SMILES string of the molecule is O=C(c1ccc2ncccc2c1)N1CCCC2(CC(CNc3ccccn3)CO2)C1. The maximum Gasteiger partial charge on any atom is 0.253 e. The molecule has 2 aliphatic heterocycles. The summed E-state index contributed by atoms with van der Waals surface area (Å²) in [4.78, 5) is 23.8. The van der Waals surface area contributed by atoms with Crippen LogP contribution in [-0.2, 0) is 4.74 Å². The molecule has 4 heterocycles. The van der Waals surface area contributed by atoms with Crippen LogP contribution in [0.15, 0.2) is 60.9 Å². The number of likely N-dealkylation sites (tertiary alicyclic amines) is 1. The average molecular weight is 402 g/mol. The molecular formula is C24H26N4O2. The molecule has 2 fully saturated rings. The van der Waals surface area contributed by atoms with Crippen LogP contribution < -0.4 is 5.32 Å². The number of nitrogens with one attached hydrogen (secondary N) is 1.